The molecule has 0 aromatic heterocycles. The van der Waals surface area contributed by atoms with Gasteiger partial charge in [0, 0.05) is 45.6 Å². The van der Waals surface area contributed by atoms with Crippen LogP contribution in [0.5, 0.6) is 17.2 Å². The zero-order valence-electron chi connectivity index (χ0n) is 19.8. The van der Waals surface area contributed by atoms with Crippen molar-refractivity contribution in [1.82, 2.24) is 5.32 Å². The minimum Gasteiger partial charge on any atom is -0.488 e. The zero-order valence-corrected chi connectivity index (χ0v) is 19.8. The molecule has 1 atom stereocenters. The number of carbonyl (C=O) groups is 2. The van der Waals surface area contributed by atoms with Crippen molar-refractivity contribution in [2.75, 3.05) is 35.0 Å². The summed E-state index contributed by atoms with van der Waals surface area (Å²) in [6.45, 7) is 2.10. The molecule has 2 rings (SSSR count). The Bertz CT molecular complexity index is 1010. The highest BCUT2D eigenvalue weighted by Gasteiger charge is 2.14. The number of aliphatic imine (C=N–C) groups is 1. The van der Waals surface area contributed by atoms with Crippen LogP contribution in [0.25, 0.3) is 0 Å². The molecule has 0 aliphatic rings. The predicted molar refractivity (Wildman–Crippen MR) is 127 cm³/mol. The number of benzene rings is 2. The number of nitrogens with zero attached hydrogens (tertiary/aromatic N) is 1. The largest absolute Gasteiger partial charge is 0.488 e. The third kappa shape index (κ3) is 9.80. The van der Waals surface area contributed by atoms with E-state index in [2.05, 4.69) is 15.0 Å². The van der Waals surface area contributed by atoms with E-state index in [0.717, 1.165) is 6.07 Å². The van der Waals surface area contributed by atoms with Crippen LogP contribution in [-0.4, -0.2) is 59.1 Å². The molecule has 0 bridgehead atoms. The van der Waals surface area contributed by atoms with Gasteiger partial charge in [-0.1, -0.05) is 0 Å². The molecule has 3 N–H and O–H groups in total. The molecule has 0 saturated heterocycles. The van der Waals surface area contributed by atoms with Crippen LogP contribution in [0.15, 0.2) is 53.7 Å². The van der Waals surface area contributed by atoms with Crippen molar-refractivity contribution in [1.29, 1.82) is 0 Å². The molecule has 0 saturated carbocycles. The van der Waals surface area contributed by atoms with Gasteiger partial charge in [-0.2, -0.15) is 4.99 Å². The minimum atomic E-state index is -0.726. The fourth-order valence-corrected chi connectivity index (χ4v) is 2.51. The molecule has 0 heterocycles. The molecule has 9 nitrogen and oxygen atoms in total. The molecule has 0 spiro atoms. The van der Waals surface area contributed by atoms with Crippen LogP contribution in [0.4, 0.5) is 4.39 Å². The van der Waals surface area contributed by atoms with Gasteiger partial charge in [-0.3, -0.25) is 9.59 Å². The van der Waals surface area contributed by atoms with Gasteiger partial charge in [-0.25, -0.2) is 4.39 Å². The summed E-state index contributed by atoms with van der Waals surface area (Å²) in [6.07, 6.45) is 3.16. The summed E-state index contributed by atoms with van der Waals surface area (Å²) >= 11 is 0. The lowest BCUT2D eigenvalue weighted by molar-refractivity contribution is 0.0915. The van der Waals surface area contributed by atoms with Crippen molar-refractivity contribution in [3.63, 3.8) is 0 Å². The topological polar surface area (TPSA) is 121 Å². The number of aldehydes is 1. The van der Waals surface area contributed by atoms with Crippen LogP contribution >= 0.6 is 0 Å². The lowest BCUT2D eigenvalue weighted by atomic mass is 10.2. The molecule has 10 heteroatoms. The second kappa shape index (κ2) is 15.1. The smallest absolute Gasteiger partial charge is 0.279 e. The van der Waals surface area contributed by atoms with Gasteiger partial charge in [0.2, 0.25) is 0 Å². The Morgan fingerprint density at radius 3 is 2.44 bits per heavy atom. The summed E-state index contributed by atoms with van der Waals surface area (Å²) in [5.41, 5.74) is 6.01. The zero-order chi connectivity index (χ0) is 25.5. The van der Waals surface area contributed by atoms with Crippen LogP contribution in [0.3, 0.4) is 0 Å². The van der Waals surface area contributed by atoms with Gasteiger partial charge in [-0.05, 0) is 49.5 Å². The van der Waals surface area contributed by atoms with Crippen molar-refractivity contribution in [3.05, 3.63) is 65.6 Å². The van der Waals surface area contributed by atoms with Crippen LogP contribution in [0.1, 0.15) is 27.6 Å². The maximum atomic E-state index is 14.2. The number of amidine groups is 1. The molecule has 0 radical (unpaired) electrons. The van der Waals surface area contributed by atoms with Crippen molar-refractivity contribution >= 4 is 18.0 Å². The first-order valence-electron chi connectivity index (χ1n) is 10.1. The molecule has 0 aliphatic carbocycles. The molecular weight excluding hydrogens is 445 g/mol. The fraction of sp³-hybridized carbons (Fsp3) is 0.292. The molecule has 0 aliphatic heterocycles. The summed E-state index contributed by atoms with van der Waals surface area (Å²) in [5.74, 6) is -1.04. The van der Waals surface area contributed by atoms with Crippen LogP contribution in [0, 0.1) is 5.82 Å². The Morgan fingerprint density at radius 2 is 1.85 bits per heavy atom. The molecule has 2 aromatic rings. The number of nitrogens with one attached hydrogen (secondary N) is 1. The molecular formula is C24H30FN3O6. The number of rotatable bonds is 10. The van der Waals surface area contributed by atoms with E-state index in [1.807, 2.05) is 0 Å². The Morgan fingerprint density at radius 1 is 1.18 bits per heavy atom. The van der Waals surface area contributed by atoms with E-state index >= 15 is 0 Å². The standard InChI is InChI=1S/C22H24FN3O5.C2H6O/c1-14(13-29-3)30-17-9-16(22(28)26-21(24)6-7-25-2)10-18(11-17)31-20-5-4-15(12-27)8-19(20)23;1-3-2/h4-12,14,25H,13H2,1-3H3,(H2,24,26,28);1-2H3/b7-6-;. The highest BCUT2D eigenvalue weighted by atomic mass is 19.1. The Labute approximate surface area is 198 Å². The SMILES string of the molecule is CN/C=C\C(N)=NC(=O)c1cc(Oc2ccc(C=O)cc2F)cc(OC(C)COC)c1.COC. The average molecular weight is 476 g/mol. The quantitative estimate of drug-likeness (QED) is 0.305. The maximum Gasteiger partial charge on any atom is 0.279 e. The number of carbonyl (C=O) groups excluding carboxylic acids is 2. The number of amides is 1. The molecule has 34 heavy (non-hydrogen) atoms. The van der Waals surface area contributed by atoms with E-state index in [0.29, 0.717) is 18.6 Å². The van der Waals surface area contributed by atoms with E-state index in [-0.39, 0.29) is 34.6 Å². The normalized spacial score (nSPS) is 11.9. The van der Waals surface area contributed by atoms with Crippen LogP contribution in [-0.2, 0) is 9.47 Å². The monoisotopic (exact) mass is 475 g/mol. The highest BCUT2D eigenvalue weighted by Crippen LogP contribution is 2.30. The minimum absolute atomic E-state index is 0.00335. The van der Waals surface area contributed by atoms with Gasteiger partial charge in [0.05, 0.1) is 6.61 Å². The van der Waals surface area contributed by atoms with E-state index in [9.17, 15) is 14.0 Å². The van der Waals surface area contributed by atoms with Crippen LogP contribution < -0.4 is 20.5 Å². The van der Waals surface area contributed by atoms with Crippen molar-refractivity contribution in [2.24, 2.45) is 10.7 Å². The lowest BCUT2D eigenvalue weighted by Gasteiger charge is -2.16. The van der Waals surface area contributed by atoms with Crippen molar-refractivity contribution < 1.29 is 32.9 Å². The Hall–Kier alpha value is -3.76. The molecule has 2 aromatic carbocycles. The first-order chi connectivity index (χ1) is 16.3. The van der Waals surface area contributed by atoms with Gasteiger partial charge >= 0.3 is 0 Å². The number of hydrogen-bond acceptors (Lipinski definition) is 7. The second-order valence-electron chi connectivity index (χ2n) is 6.86. The van der Waals surface area contributed by atoms with E-state index in [1.54, 1.807) is 28.2 Å². The predicted octanol–water partition coefficient (Wildman–Crippen LogP) is 3.34. The number of hydrogen-bond donors (Lipinski definition) is 2. The summed E-state index contributed by atoms with van der Waals surface area (Å²) in [5, 5.41) is 2.74. The van der Waals surface area contributed by atoms with Crippen molar-refractivity contribution in [3.8, 4) is 17.2 Å². The number of halogens is 1. The van der Waals surface area contributed by atoms with E-state index in [4.69, 9.17) is 19.9 Å². The van der Waals surface area contributed by atoms with E-state index < -0.39 is 11.7 Å². The van der Waals surface area contributed by atoms with E-state index in [1.165, 1.54) is 49.7 Å². The molecule has 184 valence electrons. The van der Waals surface area contributed by atoms with Gasteiger partial charge in [-0.15, -0.1) is 0 Å². The number of methoxy groups -OCH3 is 2. The van der Waals surface area contributed by atoms with Crippen molar-refractivity contribution in [2.45, 2.75) is 13.0 Å². The van der Waals surface area contributed by atoms with Crippen LogP contribution in [0.2, 0.25) is 0 Å². The summed E-state index contributed by atoms with van der Waals surface area (Å²) < 4.78 is 34.9. The number of ether oxygens (including phenoxy) is 4. The average Bonchev–Trinajstić information content (AvgIpc) is 2.79. The third-order valence-electron chi connectivity index (χ3n) is 3.84. The van der Waals surface area contributed by atoms with Gasteiger partial charge < -0.3 is 30.0 Å². The van der Waals surface area contributed by atoms with Gasteiger partial charge in [0.15, 0.2) is 11.6 Å². The summed E-state index contributed by atoms with van der Waals surface area (Å²) in [6, 6.07) is 8.16. The molecule has 1 amide bonds. The molecule has 1 unspecified atom stereocenters. The second-order valence-corrected chi connectivity index (χ2v) is 6.86. The Balaban J connectivity index is 0.00000182. The first kappa shape index (κ1) is 28.3. The molecule has 0 fully saturated rings. The van der Waals surface area contributed by atoms with Gasteiger partial charge in [0.1, 0.15) is 29.7 Å². The summed E-state index contributed by atoms with van der Waals surface area (Å²) in [7, 11) is 6.47. The Kier molecular flexibility index (Phi) is 12.6. The highest BCUT2D eigenvalue weighted by molar-refractivity contribution is 6.06. The third-order valence-corrected chi connectivity index (χ3v) is 3.84. The lowest BCUT2D eigenvalue weighted by Crippen LogP contribution is -2.18. The maximum absolute atomic E-state index is 14.2. The number of nitrogens with two attached hydrogens (primary N) is 1. The first-order valence-corrected chi connectivity index (χ1v) is 10.1. The summed E-state index contributed by atoms with van der Waals surface area (Å²) in [4.78, 5) is 27.2. The van der Waals surface area contributed by atoms with Gasteiger partial charge in [0.25, 0.3) is 5.91 Å². The fourth-order valence-electron chi connectivity index (χ4n) is 2.51.